The summed E-state index contributed by atoms with van der Waals surface area (Å²) < 4.78 is 0. The van der Waals surface area contributed by atoms with Crippen LogP contribution in [0.25, 0.3) is 6.08 Å². The molecule has 1 aliphatic heterocycles. The second-order valence-corrected chi connectivity index (χ2v) is 5.85. The number of nitrogens with one attached hydrogen (secondary N) is 1. The van der Waals surface area contributed by atoms with Crippen LogP contribution in [0.5, 0.6) is 0 Å². The molecule has 4 heteroatoms. The summed E-state index contributed by atoms with van der Waals surface area (Å²) in [6.45, 7) is 2.01. The number of benzene rings is 2. The average Bonchev–Trinajstić information content (AvgIpc) is 2.61. The molecular formula is C20H20N2O2. The Hall–Kier alpha value is -2.88. The second kappa shape index (κ2) is 7.13. The molecule has 0 aliphatic carbocycles. The maximum Gasteiger partial charge on any atom is 0.223 e. The van der Waals surface area contributed by atoms with Crippen molar-refractivity contribution in [2.24, 2.45) is 0 Å². The molecular weight excluding hydrogens is 300 g/mol. The van der Waals surface area contributed by atoms with E-state index in [0.29, 0.717) is 6.54 Å². The lowest BCUT2D eigenvalue weighted by molar-refractivity contribution is -0.130. The quantitative estimate of drug-likeness (QED) is 0.940. The van der Waals surface area contributed by atoms with Crippen molar-refractivity contribution in [2.45, 2.75) is 25.9 Å². The first-order valence-corrected chi connectivity index (χ1v) is 8.02. The molecule has 2 aromatic rings. The average molecular weight is 320 g/mol. The largest absolute Gasteiger partial charge is 0.352 e. The van der Waals surface area contributed by atoms with Crippen LogP contribution in [0.2, 0.25) is 0 Å². The molecule has 1 N–H and O–H groups in total. The fraction of sp³-hybridized carbons (Fsp3) is 0.200. The van der Waals surface area contributed by atoms with E-state index >= 15 is 0 Å². The summed E-state index contributed by atoms with van der Waals surface area (Å²) in [5, 5.41) is 2.94. The van der Waals surface area contributed by atoms with Gasteiger partial charge in [0.1, 0.15) is 0 Å². The van der Waals surface area contributed by atoms with Gasteiger partial charge in [0.05, 0.1) is 12.5 Å². The lowest BCUT2D eigenvalue weighted by Gasteiger charge is -2.32. The molecule has 1 aliphatic rings. The summed E-state index contributed by atoms with van der Waals surface area (Å²) in [5.74, 6) is -0.137. The van der Waals surface area contributed by atoms with Crippen LogP contribution in [0.1, 0.15) is 36.1 Å². The molecule has 0 saturated carbocycles. The third-order valence-electron chi connectivity index (χ3n) is 4.18. The third-order valence-corrected chi connectivity index (χ3v) is 4.18. The van der Waals surface area contributed by atoms with Crippen LogP contribution in [0, 0.1) is 0 Å². The highest BCUT2D eigenvalue weighted by Crippen LogP contribution is 2.32. The minimum absolute atomic E-state index is 0.0680. The summed E-state index contributed by atoms with van der Waals surface area (Å²) in [6.07, 6.45) is 3.92. The van der Waals surface area contributed by atoms with Crippen molar-refractivity contribution in [2.75, 3.05) is 0 Å². The molecule has 0 radical (unpaired) electrons. The van der Waals surface area contributed by atoms with E-state index in [9.17, 15) is 9.59 Å². The van der Waals surface area contributed by atoms with Gasteiger partial charge in [-0.1, -0.05) is 54.6 Å². The molecule has 1 unspecified atom stereocenters. The third kappa shape index (κ3) is 3.54. The predicted molar refractivity (Wildman–Crippen MR) is 93.6 cm³/mol. The highest BCUT2D eigenvalue weighted by atomic mass is 16.2. The van der Waals surface area contributed by atoms with Gasteiger partial charge in [0.15, 0.2) is 0 Å². The molecule has 0 bridgehead atoms. The molecule has 2 aromatic carbocycles. The fourth-order valence-corrected chi connectivity index (χ4v) is 2.96. The topological polar surface area (TPSA) is 49.4 Å². The molecule has 1 heterocycles. The zero-order valence-corrected chi connectivity index (χ0v) is 13.6. The van der Waals surface area contributed by atoms with Crippen molar-refractivity contribution in [3.05, 3.63) is 77.5 Å². The van der Waals surface area contributed by atoms with E-state index < -0.39 is 0 Å². The Morgan fingerprint density at radius 1 is 1.04 bits per heavy atom. The van der Waals surface area contributed by atoms with Crippen molar-refractivity contribution < 1.29 is 9.59 Å². The minimum Gasteiger partial charge on any atom is -0.352 e. The van der Waals surface area contributed by atoms with Crippen LogP contribution in [0.3, 0.4) is 0 Å². The Bertz CT molecular complexity index is 768. The standard InChI is InChI=1S/C20H20N2O2/c1-15(23)22-12-11-17-9-5-6-10-18(17)19(22)13-20(24)21-14-16-7-3-2-4-8-16/h2-12,19H,13-14H2,1H3,(H,21,24). The van der Waals surface area contributed by atoms with Gasteiger partial charge in [-0.2, -0.15) is 0 Å². The van der Waals surface area contributed by atoms with Crippen LogP contribution < -0.4 is 5.32 Å². The number of nitrogens with zero attached hydrogens (tertiary/aromatic N) is 1. The number of carbonyl (C=O) groups is 2. The molecule has 0 spiro atoms. The van der Waals surface area contributed by atoms with Gasteiger partial charge in [-0.3, -0.25) is 9.59 Å². The summed E-state index contributed by atoms with van der Waals surface area (Å²) in [5.41, 5.74) is 3.11. The Morgan fingerprint density at radius 3 is 2.50 bits per heavy atom. The Kier molecular flexibility index (Phi) is 4.75. The van der Waals surface area contributed by atoms with Crippen LogP contribution >= 0.6 is 0 Å². The summed E-state index contributed by atoms with van der Waals surface area (Å²) in [4.78, 5) is 25.9. The molecule has 0 saturated heterocycles. The Balaban J connectivity index is 1.72. The highest BCUT2D eigenvalue weighted by molar-refractivity contribution is 5.81. The molecule has 2 amide bonds. The first kappa shape index (κ1) is 16.0. The molecule has 1 atom stereocenters. The van der Waals surface area contributed by atoms with Crippen molar-refractivity contribution in [1.82, 2.24) is 10.2 Å². The van der Waals surface area contributed by atoms with E-state index in [1.807, 2.05) is 60.7 Å². The Morgan fingerprint density at radius 2 is 1.75 bits per heavy atom. The fourth-order valence-electron chi connectivity index (χ4n) is 2.96. The van der Waals surface area contributed by atoms with Gasteiger partial charge in [-0.05, 0) is 22.8 Å². The van der Waals surface area contributed by atoms with E-state index in [0.717, 1.165) is 16.7 Å². The SMILES string of the molecule is CC(=O)N1C=Cc2ccccc2C1CC(=O)NCc1ccccc1. The van der Waals surface area contributed by atoms with Crippen LogP contribution in [0.15, 0.2) is 60.8 Å². The lowest BCUT2D eigenvalue weighted by atomic mass is 9.93. The maximum absolute atomic E-state index is 12.4. The van der Waals surface area contributed by atoms with Crippen LogP contribution in [0.4, 0.5) is 0 Å². The minimum atomic E-state index is -0.264. The zero-order chi connectivity index (χ0) is 16.9. The zero-order valence-electron chi connectivity index (χ0n) is 13.6. The van der Waals surface area contributed by atoms with Crippen molar-refractivity contribution in [3.8, 4) is 0 Å². The first-order chi connectivity index (χ1) is 11.6. The van der Waals surface area contributed by atoms with Gasteiger partial charge in [0.25, 0.3) is 0 Å². The Labute approximate surface area is 141 Å². The number of hydrogen-bond acceptors (Lipinski definition) is 2. The first-order valence-electron chi connectivity index (χ1n) is 8.02. The number of amides is 2. The number of fused-ring (bicyclic) bond motifs is 1. The predicted octanol–water partition coefficient (Wildman–Crippen LogP) is 3.27. The second-order valence-electron chi connectivity index (χ2n) is 5.85. The van der Waals surface area contributed by atoms with Crippen molar-refractivity contribution in [3.63, 3.8) is 0 Å². The van der Waals surface area contributed by atoms with E-state index in [-0.39, 0.29) is 24.3 Å². The number of carbonyl (C=O) groups excluding carboxylic acids is 2. The molecule has 24 heavy (non-hydrogen) atoms. The lowest BCUT2D eigenvalue weighted by Crippen LogP contribution is -2.35. The smallest absolute Gasteiger partial charge is 0.223 e. The number of hydrogen-bond donors (Lipinski definition) is 1. The number of rotatable bonds is 4. The van der Waals surface area contributed by atoms with Gasteiger partial charge in [0.2, 0.25) is 11.8 Å². The van der Waals surface area contributed by atoms with E-state index in [4.69, 9.17) is 0 Å². The van der Waals surface area contributed by atoms with Gasteiger partial charge in [0, 0.05) is 19.7 Å². The van der Waals surface area contributed by atoms with E-state index in [1.165, 1.54) is 6.92 Å². The van der Waals surface area contributed by atoms with Crippen LogP contribution in [-0.4, -0.2) is 16.7 Å². The van der Waals surface area contributed by atoms with E-state index in [1.54, 1.807) is 11.1 Å². The maximum atomic E-state index is 12.4. The van der Waals surface area contributed by atoms with Gasteiger partial charge in [-0.15, -0.1) is 0 Å². The molecule has 0 aromatic heterocycles. The van der Waals surface area contributed by atoms with Crippen LogP contribution in [-0.2, 0) is 16.1 Å². The van der Waals surface area contributed by atoms with E-state index in [2.05, 4.69) is 5.32 Å². The van der Waals surface area contributed by atoms with Crippen molar-refractivity contribution >= 4 is 17.9 Å². The summed E-state index contributed by atoms with van der Waals surface area (Å²) in [6, 6.07) is 17.4. The normalized spacial score (nSPS) is 15.7. The highest BCUT2D eigenvalue weighted by Gasteiger charge is 2.27. The molecule has 122 valence electrons. The summed E-state index contributed by atoms with van der Waals surface area (Å²) in [7, 11) is 0. The van der Waals surface area contributed by atoms with Gasteiger partial charge < -0.3 is 10.2 Å². The van der Waals surface area contributed by atoms with Crippen molar-refractivity contribution in [1.29, 1.82) is 0 Å². The van der Waals surface area contributed by atoms with Gasteiger partial charge >= 0.3 is 0 Å². The molecule has 3 rings (SSSR count). The molecule has 0 fully saturated rings. The summed E-state index contributed by atoms with van der Waals surface area (Å²) >= 11 is 0. The molecule has 4 nitrogen and oxygen atoms in total. The van der Waals surface area contributed by atoms with Gasteiger partial charge in [-0.25, -0.2) is 0 Å². The monoisotopic (exact) mass is 320 g/mol.